The Bertz CT molecular complexity index is 1160. The molecule has 4 saturated carbocycles. The van der Waals surface area contributed by atoms with Gasteiger partial charge in [0.15, 0.2) is 0 Å². The lowest BCUT2D eigenvalue weighted by Gasteiger charge is -2.60. The largest absolute Gasteiger partial charge is 0.344 e. The van der Waals surface area contributed by atoms with Gasteiger partial charge in [0.2, 0.25) is 5.79 Å². The molecule has 0 radical (unpaired) electrons. The second-order valence-electron chi connectivity index (χ2n) is 10.3. The molecule has 4 bridgehead atoms. The van der Waals surface area contributed by atoms with E-state index in [4.69, 9.17) is 14.5 Å². The van der Waals surface area contributed by atoms with Gasteiger partial charge in [-0.3, -0.25) is 0 Å². The molecule has 3 nitrogen and oxygen atoms in total. The molecule has 8 rings (SSSR count). The van der Waals surface area contributed by atoms with Crippen molar-refractivity contribution in [1.29, 1.82) is 0 Å². The Morgan fingerprint density at radius 2 is 1.52 bits per heavy atom. The molecule has 3 aromatic rings. The number of hydrogen-bond acceptors (Lipinski definition) is 3. The van der Waals surface area contributed by atoms with Gasteiger partial charge in [-0.25, -0.2) is 4.89 Å². The molecule has 1 aliphatic heterocycles. The van der Waals surface area contributed by atoms with E-state index in [1.807, 2.05) is 0 Å². The molecule has 3 aromatic carbocycles. The summed E-state index contributed by atoms with van der Waals surface area (Å²) >= 11 is 0. The van der Waals surface area contributed by atoms with Crippen molar-refractivity contribution < 1.29 is 14.5 Å². The van der Waals surface area contributed by atoms with Gasteiger partial charge in [0.1, 0.15) is 6.10 Å². The summed E-state index contributed by atoms with van der Waals surface area (Å²) in [6.07, 6.45) is 6.10. The second-order valence-corrected chi connectivity index (χ2v) is 10.3. The van der Waals surface area contributed by atoms with Crippen LogP contribution in [-0.4, -0.2) is 18.5 Å². The topological polar surface area (TPSA) is 27.7 Å². The summed E-state index contributed by atoms with van der Waals surface area (Å²) in [7, 11) is 0. The monoisotopic (exact) mass is 412 g/mol. The molecule has 1 heterocycles. The number of ether oxygens (including phenoxy) is 1. The van der Waals surface area contributed by atoms with Crippen LogP contribution in [0.25, 0.3) is 27.1 Å². The van der Waals surface area contributed by atoms with E-state index in [-0.39, 0.29) is 6.10 Å². The minimum atomic E-state index is -0.507. The molecular weight excluding hydrogens is 384 g/mol. The first-order chi connectivity index (χ1) is 15.2. The number of rotatable bonds is 2. The summed E-state index contributed by atoms with van der Waals surface area (Å²) in [6, 6.07) is 19.4. The first-order valence-electron chi connectivity index (χ1n) is 11.8. The standard InChI is InChI=1S/C28H28O3/c1-17(21-8-9-26-22(15-21)7-6-20-4-2-3-5-25(20)26)27-16-29-28(31-30-27)23-11-18-10-19(13-23)14-24(28)12-18/h2-9,15,18-19,23-24,27H,1,10-14,16H2. The molecule has 5 fully saturated rings. The van der Waals surface area contributed by atoms with E-state index in [0.29, 0.717) is 18.4 Å². The summed E-state index contributed by atoms with van der Waals surface area (Å²) in [5.41, 5.74) is 2.01. The normalized spacial score (nSPS) is 36.5. The van der Waals surface area contributed by atoms with Gasteiger partial charge in [0.05, 0.1) is 6.61 Å². The van der Waals surface area contributed by atoms with Crippen molar-refractivity contribution in [1.82, 2.24) is 0 Å². The van der Waals surface area contributed by atoms with Crippen LogP contribution in [0.2, 0.25) is 0 Å². The molecule has 4 aliphatic carbocycles. The van der Waals surface area contributed by atoms with Crippen molar-refractivity contribution in [2.24, 2.45) is 23.7 Å². The van der Waals surface area contributed by atoms with Crippen LogP contribution in [0.15, 0.2) is 61.2 Å². The van der Waals surface area contributed by atoms with E-state index in [2.05, 4.69) is 61.2 Å². The van der Waals surface area contributed by atoms with Gasteiger partial charge in [0, 0.05) is 11.8 Å². The zero-order valence-corrected chi connectivity index (χ0v) is 17.8. The van der Waals surface area contributed by atoms with Crippen molar-refractivity contribution in [2.75, 3.05) is 6.61 Å². The van der Waals surface area contributed by atoms with Crippen molar-refractivity contribution >= 4 is 27.1 Å². The molecule has 1 saturated heterocycles. The van der Waals surface area contributed by atoms with Crippen molar-refractivity contribution in [3.8, 4) is 0 Å². The first-order valence-corrected chi connectivity index (χ1v) is 11.8. The minimum Gasteiger partial charge on any atom is -0.344 e. The maximum absolute atomic E-state index is 6.53. The van der Waals surface area contributed by atoms with Crippen LogP contribution in [-0.2, 0) is 14.5 Å². The fourth-order valence-electron chi connectivity index (χ4n) is 7.16. The zero-order valence-electron chi connectivity index (χ0n) is 17.8. The lowest BCUT2D eigenvalue weighted by molar-refractivity contribution is -0.517. The summed E-state index contributed by atoms with van der Waals surface area (Å²) in [5, 5.41) is 5.02. The second kappa shape index (κ2) is 6.65. The van der Waals surface area contributed by atoms with Gasteiger partial charge < -0.3 is 4.74 Å². The van der Waals surface area contributed by atoms with Crippen molar-refractivity contribution in [3.63, 3.8) is 0 Å². The van der Waals surface area contributed by atoms with Crippen LogP contribution in [0.1, 0.15) is 37.7 Å². The van der Waals surface area contributed by atoms with Gasteiger partial charge in [-0.15, -0.1) is 0 Å². The molecule has 1 unspecified atom stereocenters. The summed E-state index contributed by atoms with van der Waals surface area (Å²) in [4.78, 5) is 12.2. The lowest BCUT2D eigenvalue weighted by Crippen LogP contribution is -2.63. The predicted molar refractivity (Wildman–Crippen MR) is 122 cm³/mol. The SMILES string of the molecule is C=C(c1ccc2c(ccc3ccccc32)c1)C1COC2(OO1)C1CC3CC(C1)CC2C3. The van der Waals surface area contributed by atoms with E-state index in [1.165, 1.54) is 53.6 Å². The Morgan fingerprint density at radius 1 is 0.806 bits per heavy atom. The highest BCUT2D eigenvalue weighted by molar-refractivity contribution is 6.08. The number of fused-ring (bicyclic) bond motifs is 3. The molecule has 31 heavy (non-hydrogen) atoms. The molecular formula is C28H28O3. The van der Waals surface area contributed by atoms with Gasteiger partial charge >= 0.3 is 0 Å². The maximum atomic E-state index is 6.53. The van der Waals surface area contributed by atoms with E-state index in [9.17, 15) is 0 Å². The zero-order chi connectivity index (χ0) is 20.6. The van der Waals surface area contributed by atoms with Gasteiger partial charge in [0.25, 0.3) is 0 Å². The maximum Gasteiger partial charge on any atom is 0.207 e. The van der Waals surface area contributed by atoms with Crippen LogP contribution < -0.4 is 0 Å². The Balaban J connectivity index is 1.13. The first kappa shape index (κ1) is 18.4. The molecule has 0 amide bonds. The Hall–Kier alpha value is -2.20. The highest BCUT2D eigenvalue weighted by atomic mass is 17.2. The summed E-state index contributed by atoms with van der Waals surface area (Å²) in [5.74, 6) is 2.23. The third kappa shape index (κ3) is 2.70. The van der Waals surface area contributed by atoms with Crippen LogP contribution in [0.4, 0.5) is 0 Å². The number of benzene rings is 3. The Kier molecular flexibility index (Phi) is 3.94. The van der Waals surface area contributed by atoms with Crippen LogP contribution >= 0.6 is 0 Å². The minimum absolute atomic E-state index is 0.263. The van der Waals surface area contributed by atoms with Crippen LogP contribution in [0, 0.1) is 23.7 Å². The fourth-order valence-corrected chi connectivity index (χ4v) is 7.16. The van der Waals surface area contributed by atoms with Crippen molar-refractivity contribution in [2.45, 2.75) is 44.0 Å². The number of hydrogen-bond donors (Lipinski definition) is 0. The van der Waals surface area contributed by atoms with E-state index >= 15 is 0 Å². The van der Waals surface area contributed by atoms with Gasteiger partial charge in [-0.05, 0) is 82.7 Å². The van der Waals surface area contributed by atoms with Crippen LogP contribution in [0.3, 0.4) is 0 Å². The quantitative estimate of drug-likeness (QED) is 0.355. The average Bonchev–Trinajstić information content (AvgIpc) is 2.81. The molecule has 5 aliphatic rings. The highest BCUT2D eigenvalue weighted by Crippen LogP contribution is 2.60. The van der Waals surface area contributed by atoms with E-state index < -0.39 is 5.79 Å². The van der Waals surface area contributed by atoms with Crippen molar-refractivity contribution in [3.05, 3.63) is 66.7 Å². The fraction of sp³-hybridized carbons (Fsp3) is 0.429. The van der Waals surface area contributed by atoms with Gasteiger partial charge in [-0.1, -0.05) is 55.1 Å². The summed E-state index contributed by atoms with van der Waals surface area (Å²) < 4.78 is 6.53. The smallest absolute Gasteiger partial charge is 0.207 e. The van der Waals surface area contributed by atoms with Gasteiger partial charge in [-0.2, -0.15) is 4.89 Å². The lowest BCUT2D eigenvalue weighted by atomic mass is 9.53. The molecule has 0 N–H and O–H groups in total. The summed E-state index contributed by atoms with van der Waals surface area (Å²) in [6.45, 7) is 4.88. The highest BCUT2D eigenvalue weighted by Gasteiger charge is 2.61. The molecule has 0 aromatic heterocycles. The third-order valence-corrected chi connectivity index (χ3v) is 8.54. The Labute approximate surface area is 182 Å². The molecule has 1 spiro atoms. The Morgan fingerprint density at radius 3 is 2.26 bits per heavy atom. The average molecular weight is 413 g/mol. The third-order valence-electron chi connectivity index (χ3n) is 8.54. The van der Waals surface area contributed by atoms with E-state index in [0.717, 1.165) is 23.0 Å². The van der Waals surface area contributed by atoms with E-state index in [1.54, 1.807) is 0 Å². The molecule has 158 valence electrons. The molecule has 3 heteroatoms. The molecule has 1 atom stereocenters. The van der Waals surface area contributed by atoms with Crippen LogP contribution in [0.5, 0.6) is 0 Å². The predicted octanol–water partition coefficient (Wildman–Crippen LogP) is 6.51.